The maximum atomic E-state index is 11.9. The van der Waals surface area contributed by atoms with Gasteiger partial charge in [0.1, 0.15) is 0 Å². The number of rotatable bonds is 3. The summed E-state index contributed by atoms with van der Waals surface area (Å²) in [7, 11) is 0. The quantitative estimate of drug-likeness (QED) is 0.801. The number of nitrogens with zero attached hydrogens (tertiary/aromatic N) is 2. The highest BCUT2D eigenvalue weighted by molar-refractivity contribution is 6.30. The third-order valence-electron chi connectivity index (χ3n) is 2.77. The molecule has 0 unspecified atom stereocenters. The van der Waals surface area contributed by atoms with E-state index in [9.17, 15) is 4.79 Å². The van der Waals surface area contributed by atoms with Crippen LogP contribution in [0.15, 0.2) is 59.0 Å². The smallest absolute Gasteiger partial charge is 0.322 e. The first-order chi connectivity index (χ1) is 10.2. The average Bonchev–Trinajstić information content (AvgIpc) is 2.97. The second kappa shape index (κ2) is 5.76. The predicted molar refractivity (Wildman–Crippen MR) is 79.1 cm³/mol. The molecule has 2 aromatic carbocycles. The number of halogens is 1. The van der Waals surface area contributed by atoms with Crippen molar-refractivity contribution < 1.29 is 9.21 Å². The van der Waals surface area contributed by atoms with Crippen LogP contribution in [0.25, 0.3) is 11.5 Å². The first-order valence-electron chi connectivity index (χ1n) is 6.18. The third-order valence-corrected chi connectivity index (χ3v) is 3.02. The molecule has 0 spiro atoms. The Kier molecular flexibility index (Phi) is 3.66. The van der Waals surface area contributed by atoms with Gasteiger partial charge in [0.2, 0.25) is 5.89 Å². The summed E-state index contributed by atoms with van der Waals surface area (Å²) in [6, 6.07) is 15.8. The fourth-order valence-electron chi connectivity index (χ4n) is 1.74. The second-order valence-electron chi connectivity index (χ2n) is 4.24. The highest BCUT2D eigenvalue weighted by Crippen LogP contribution is 2.21. The van der Waals surface area contributed by atoms with E-state index < -0.39 is 0 Å². The highest BCUT2D eigenvalue weighted by atomic mass is 35.5. The van der Waals surface area contributed by atoms with Crippen molar-refractivity contribution >= 4 is 23.5 Å². The Morgan fingerprint density at radius 2 is 1.71 bits per heavy atom. The summed E-state index contributed by atoms with van der Waals surface area (Å²) >= 11 is 5.82. The fraction of sp³-hybridized carbons (Fsp3) is 0. The first kappa shape index (κ1) is 13.3. The lowest BCUT2D eigenvalue weighted by Crippen LogP contribution is -2.11. The van der Waals surface area contributed by atoms with Crippen molar-refractivity contribution in [3.8, 4) is 11.5 Å². The molecule has 0 aliphatic rings. The minimum Gasteiger partial charge on any atom is -0.403 e. The van der Waals surface area contributed by atoms with Crippen LogP contribution in [0.1, 0.15) is 10.4 Å². The van der Waals surface area contributed by atoms with E-state index in [1.54, 1.807) is 48.5 Å². The van der Waals surface area contributed by atoms with Crippen molar-refractivity contribution in [3.63, 3.8) is 0 Å². The van der Waals surface area contributed by atoms with Crippen LogP contribution in [-0.2, 0) is 0 Å². The van der Waals surface area contributed by atoms with Crippen LogP contribution in [0.4, 0.5) is 6.01 Å². The lowest BCUT2D eigenvalue weighted by atomic mass is 10.2. The maximum absolute atomic E-state index is 11.9. The number of carbonyl (C=O) groups excluding carboxylic acids is 1. The molecule has 3 aromatic rings. The van der Waals surface area contributed by atoms with Crippen LogP contribution in [0.2, 0.25) is 5.02 Å². The van der Waals surface area contributed by atoms with Gasteiger partial charge >= 0.3 is 6.01 Å². The zero-order chi connectivity index (χ0) is 14.7. The monoisotopic (exact) mass is 299 g/mol. The molecule has 0 atom stereocenters. The van der Waals surface area contributed by atoms with E-state index in [0.717, 1.165) is 5.56 Å². The third kappa shape index (κ3) is 3.09. The van der Waals surface area contributed by atoms with Crippen LogP contribution in [0, 0.1) is 0 Å². The van der Waals surface area contributed by atoms with Gasteiger partial charge in [0.05, 0.1) is 0 Å². The second-order valence-corrected chi connectivity index (χ2v) is 4.68. The van der Waals surface area contributed by atoms with Crippen molar-refractivity contribution in [1.82, 2.24) is 10.2 Å². The van der Waals surface area contributed by atoms with E-state index in [1.165, 1.54) is 0 Å². The van der Waals surface area contributed by atoms with Crippen LogP contribution in [0.3, 0.4) is 0 Å². The minimum atomic E-state index is -0.304. The molecule has 1 aromatic heterocycles. The van der Waals surface area contributed by atoms with Crippen molar-refractivity contribution in [2.75, 3.05) is 5.32 Å². The standard InChI is InChI=1S/C15H10ClN3O2/c16-12-8-6-11(7-9-12)14-18-19-15(21-14)17-13(20)10-4-2-1-3-5-10/h1-9H,(H,17,19,20). The number of amides is 1. The van der Waals surface area contributed by atoms with Crippen molar-refractivity contribution in [3.05, 3.63) is 65.2 Å². The topological polar surface area (TPSA) is 68.0 Å². The summed E-state index contributed by atoms with van der Waals surface area (Å²) in [6.45, 7) is 0. The van der Waals surface area contributed by atoms with Crippen molar-refractivity contribution in [1.29, 1.82) is 0 Å². The minimum absolute atomic E-state index is 0.0498. The molecule has 104 valence electrons. The van der Waals surface area contributed by atoms with Gasteiger partial charge in [0, 0.05) is 16.1 Å². The first-order valence-corrected chi connectivity index (χ1v) is 6.56. The summed E-state index contributed by atoms with van der Waals surface area (Å²) in [4.78, 5) is 11.9. The molecule has 0 saturated heterocycles. The van der Waals surface area contributed by atoms with Gasteiger partial charge in [-0.05, 0) is 36.4 Å². The summed E-state index contributed by atoms with van der Waals surface area (Å²) in [5.74, 6) is 0.0111. The van der Waals surface area contributed by atoms with Gasteiger partial charge in [-0.25, -0.2) is 0 Å². The van der Waals surface area contributed by atoms with Gasteiger partial charge in [0.25, 0.3) is 5.91 Å². The Morgan fingerprint density at radius 3 is 2.43 bits per heavy atom. The van der Waals surface area contributed by atoms with Gasteiger partial charge in [-0.3, -0.25) is 10.1 Å². The van der Waals surface area contributed by atoms with E-state index in [0.29, 0.717) is 16.5 Å². The van der Waals surface area contributed by atoms with Crippen LogP contribution >= 0.6 is 11.6 Å². The lowest BCUT2D eigenvalue weighted by molar-refractivity contribution is 0.102. The number of hydrogen-bond acceptors (Lipinski definition) is 4. The molecule has 0 bridgehead atoms. The molecule has 0 saturated carbocycles. The molecule has 3 rings (SSSR count). The predicted octanol–water partition coefficient (Wildman–Crippen LogP) is 3.64. The number of benzene rings is 2. The molecular formula is C15H10ClN3O2. The average molecular weight is 300 g/mol. The molecule has 0 aliphatic carbocycles. The zero-order valence-electron chi connectivity index (χ0n) is 10.8. The van der Waals surface area contributed by atoms with Crippen LogP contribution < -0.4 is 5.32 Å². The number of nitrogens with one attached hydrogen (secondary N) is 1. The van der Waals surface area contributed by atoms with E-state index >= 15 is 0 Å². The number of carbonyl (C=O) groups is 1. The molecule has 1 N–H and O–H groups in total. The molecule has 21 heavy (non-hydrogen) atoms. The zero-order valence-corrected chi connectivity index (χ0v) is 11.5. The largest absolute Gasteiger partial charge is 0.403 e. The van der Waals surface area contributed by atoms with Gasteiger partial charge in [-0.2, -0.15) is 0 Å². The number of aromatic nitrogens is 2. The highest BCUT2D eigenvalue weighted by Gasteiger charge is 2.12. The van der Waals surface area contributed by atoms with Crippen molar-refractivity contribution in [2.45, 2.75) is 0 Å². The van der Waals surface area contributed by atoms with Crippen molar-refractivity contribution in [2.24, 2.45) is 0 Å². The summed E-state index contributed by atoms with van der Waals surface area (Å²) in [5.41, 5.74) is 1.25. The molecule has 1 amide bonds. The Labute approximate surface area is 125 Å². The van der Waals surface area contributed by atoms with Gasteiger partial charge in [0.15, 0.2) is 0 Å². The lowest BCUT2D eigenvalue weighted by Gasteiger charge is -1.99. The molecule has 1 heterocycles. The van der Waals surface area contributed by atoms with E-state index in [1.807, 2.05) is 6.07 Å². The Hall–Kier alpha value is -2.66. The number of anilines is 1. The summed E-state index contributed by atoms with van der Waals surface area (Å²) in [6.07, 6.45) is 0. The molecule has 5 nitrogen and oxygen atoms in total. The molecule has 0 fully saturated rings. The van der Waals surface area contributed by atoms with Gasteiger partial charge < -0.3 is 4.42 Å². The summed E-state index contributed by atoms with van der Waals surface area (Å²) in [5, 5.41) is 10.9. The normalized spacial score (nSPS) is 10.3. The SMILES string of the molecule is O=C(Nc1nnc(-c2ccc(Cl)cc2)o1)c1ccccc1. The fourth-order valence-corrected chi connectivity index (χ4v) is 1.87. The molecule has 0 aliphatic heterocycles. The molecular weight excluding hydrogens is 290 g/mol. The maximum Gasteiger partial charge on any atom is 0.322 e. The van der Waals surface area contributed by atoms with E-state index in [-0.39, 0.29) is 11.9 Å². The summed E-state index contributed by atoms with van der Waals surface area (Å²) < 4.78 is 5.40. The molecule has 0 radical (unpaired) electrons. The Morgan fingerprint density at radius 1 is 1.00 bits per heavy atom. The van der Waals surface area contributed by atoms with Crippen LogP contribution in [-0.4, -0.2) is 16.1 Å². The van der Waals surface area contributed by atoms with Gasteiger partial charge in [-0.15, -0.1) is 5.10 Å². The number of hydrogen-bond donors (Lipinski definition) is 1. The molecule has 6 heteroatoms. The van der Waals surface area contributed by atoms with Gasteiger partial charge in [-0.1, -0.05) is 34.9 Å². The van der Waals surface area contributed by atoms with Crippen LogP contribution in [0.5, 0.6) is 0 Å². The van der Waals surface area contributed by atoms with E-state index in [2.05, 4.69) is 15.5 Å². The van der Waals surface area contributed by atoms with E-state index in [4.69, 9.17) is 16.0 Å². The Balaban J connectivity index is 1.76. The Bertz CT molecular complexity index is 754.